The average molecular weight is 336 g/mol. The molecule has 0 bridgehead atoms. The van der Waals surface area contributed by atoms with Crippen LogP contribution in [0.2, 0.25) is 0 Å². The largest absolute Gasteiger partial charge is 0.508 e. The quantitative estimate of drug-likeness (QED) is 0.642. The molecule has 6 heteroatoms. The second-order valence-electron chi connectivity index (χ2n) is 5.36. The normalized spacial score (nSPS) is 10.3. The first-order chi connectivity index (χ1) is 12.1. The van der Waals surface area contributed by atoms with Gasteiger partial charge in [0.05, 0.1) is 12.7 Å². The van der Waals surface area contributed by atoms with Crippen LogP contribution in [0.4, 0.5) is 0 Å². The fourth-order valence-corrected chi connectivity index (χ4v) is 2.47. The molecule has 0 radical (unpaired) electrons. The van der Waals surface area contributed by atoms with E-state index < -0.39 is 11.8 Å². The van der Waals surface area contributed by atoms with Crippen molar-refractivity contribution in [2.75, 3.05) is 7.11 Å². The third-order valence-electron chi connectivity index (χ3n) is 3.71. The number of carbonyl (C=O) groups excluding carboxylic acids is 2. The van der Waals surface area contributed by atoms with Crippen molar-refractivity contribution in [3.05, 3.63) is 71.8 Å². The van der Waals surface area contributed by atoms with Crippen molar-refractivity contribution in [3.8, 4) is 11.5 Å². The fraction of sp³-hybridized carbons (Fsp3) is 0.0526. The monoisotopic (exact) mass is 336 g/mol. The lowest BCUT2D eigenvalue weighted by Crippen LogP contribution is -2.41. The van der Waals surface area contributed by atoms with Gasteiger partial charge >= 0.3 is 0 Å². The fourth-order valence-electron chi connectivity index (χ4n) is 2.47. The molecular formula is C19H16N2O4. The summed E-state index contributed by atoms with van der Waals surface area (Å²) in [6, 6.07) is 16.9. The molecule has 0 aliphatic carbocycles. The van der Waals surface area contributed by atoms with E-state index in [1.165, 1.54) is 25.3 Å². The van der Waals surface area contributed by atoms with Gasteiger partial charge in [-0.05, 0) is 41.1 Å². The van der Waals surface area contributed by atoms with Gasteiger partial charge in [-0.3, -0.25) is 20.4 Å². The molecule has 0 aliphatic heterocycles. The van der Waals surface area contributed by atoms with Gasteiger partial charge in [-0.1, -0.05) is 30.3 Å². The van der Waals surface area contributed by atoms with Gasteiger partial charge in [-0.15, -0.1) is 0 Å². The van der Waals surface area contributed by atoms with Crippen LogP contribution < -0.4 is 15.6 Å². The molecule has 126 valence electrons. The third kappa shape index (κ3) is 3.53. The molecule has 0 fully saturated rings. The molecule has 2 amide bonds. The first kappa shape index (κ1) is 16.3. The van der Waals surface area contributed by atoms with E-state index in [0.717, 1.165) is 10.8 Å². The van der Waals surface area contributed by atoms with Crippen LogP contribution in [0.3, 0.4) is 0 Å². The number of phenolic OH excluding ortho intramolecular Hbond substituents is 1. The minimum absolute atomic E-state index is 0.0322. The number of phenols is 1. The van der Waals surface area contributed by atoms with Crippen LogP contribution in [-0.4, -0.2) is 24.0 Å². The Morgan fingerprint density at radius 1 is 0.880 bits per heavy atom. The first-order valence-electron chi connectivity index (χ1n) is 7.55. The summed E-state index contributed by atoms with van der Waals surface area (Å²) in [7, 11) is 1.48. The van der Waals surface area contributed by atoms with Crippen LogP contribution in [0.25, 0.3) is 10.8 Å². The van der Waals surface area contributed by atoms with Crippen LogP contribution in [-0.2, 0) is 0 Å². The summed E-state index contributed by atoms with van der Waals surface area (Å²) >= 11 is 0. The first-order valence-corrected chi connectivity index (χ1v) is 7.55. The van der Waals surface area contributed by atoms with Gasteiger partial charge in [-0.2, -0.15) is 0 Å². The molecule has 3 aromatic carbocycles. The van der Waals surface area contributed by atoms with E-state index >= 15 is 0 Å². The summed E-state index contributed by atoms with van der Waals surface area (Å²) in [6.07, 6.45) is 0. The molecule has 0 heterocycles. The lowest BCUT2D eigenvalue weighted by Gasteiger charge is -2.12. The van der Waals surface area contributed by atoms with Gasteiger partial charge in [0.2, 0.25) is 0 Å². The summed E-state index contributed by atoms with van der Waals surface area (Å²) in [5, 5.41) is 11.2. The van der Waals surface area contributed by atoms with Crippen LogP contribution in [0.15, 0.2) is 60.7 Å². The summed E-state index contributed by atoms with van der Waals surface area (Å²) in [4.78, 5) is 24.4. The topological polar surface area (TPSA) is 87.7 Å². The number of nitrogens with one attached hydrogen (secondary N) is 2. The predicted octanol–water partition coefficient (Wildman–Crippen LogP) is 2.63. The third-order valence-corrected chi connectivity index (χ3v) is 3.71. The number of aromatic hydroxyl groups is 1. The SMILES string of the molecule is COc1cc2ccccc2cc1C(=O)NNC(=O)c1cccc(O)c1. The number of hydrogen-bond acceptors (Lipinski definition) is 4. The van der Waals surface area contributed by atoms with Crippen LogP contribution in [0.5, 0.6) is 11.5 Å². The minimum atomic E-state index is -0.538. The Balaban J connectivity index is 1.79. The molecule has 25 heavy (non-hydrogen) atoms. The van der Waals surface area contributed by atoms with E-state index in [9.17, 15) is 14.7 Å². The van der Waals surface area contributed by atoms with E-state index in [1.807, 2.05) is 24.3 Å². The molecule has 3 rings (SSSR count). The number of amides is 2. The van der Waals surface area contributed by atoms with Gasteiger partial charge in [0.25, 0.3) is 11.8 Å². The van der Waals surface area contributed by atoms with Crippen molar-refractivity contribution < 1.29 is 19.4 Å². The zero-order valence-electron chi connectivity index (χ0n) is 13.4. The number of benzene rings is 3. The van der Waals surface area contributed by atoms with E-state index in [2.05, 4.69) is 10.9 Å². The van der Waals surface area contributed by atoms with Gasteiger partial charge < -0.3 is 9.84 Å². The van der Waals surface area contributed by atoms with Crippen molar-refractivity contribution in [3.63, 3.8) is 0 Å². The lowest BCUT2D eigenvalue weighted by molar-refractivity contribution is 0.0845. The predicted molar refractivity (Wildman–Crippen MR) is 93.5 cm³/mol. The summed E-state index contributed by atoms with van der Waals surface area (Å²) in [6.45, 7) is 0. The highest BCUT2D eigenvalue weighted by molar-refractivity contribution is 6.03. The molecule has 0 spiro atoms. The second-order valence-corrected chi connectivity index (χ2v) is 5.36. The van der Waals surface area contributed by atoms with Gasteiger partial charge in [0.15, 0.2) is 0 Å². The summed E-state index contributed by atoms with van der Waals surface area (Å²) in [5.74, 6) is -0.668. The van der Waals surface area contributed by atoms with E-state index in [0.29, 0.717) is 11.3 Å². The molecular weight excluding hydrogens is 320 g/mol. The van der Waals surface area contributed by atoms with Crippen molar-refractivity contribution in [2.24, 2.45) is 0 Å². The molecule has 0 aromatic heterocycles. The van der Waals surface area contributed by atoms with Gasteiger partial charge in [-0.25, -0.2) is 0 Å². The zero-order valence-corrected chi connectivity index (χ0v) is 13.4. The Hall–Kier alpha value is -3.54. The maximum absolute atomic E-state index is 12.4. The highest BCUT2D eigenvalue weighted by atomic mass is 16.5. The van der Waals surface area contributed by atoms with Gasteiger partial charge in [0, 0.05) is 5.56 Å². The van der Waals surface area contributed by atoms with Gasteiger partial charge in [0.1, 0.15) is 11.5 Å². The van der Waals surface area contributed by atoms with Crippen molar-refractivity contribution in [1.82, 2.24) is 10.9 Å². The molecule has 3 N–H and O–H groups in total. The number of carbonyl (C=O) groups is 2. The van der Waals surface area contributed by atoms with E-state index in [4.69, 9.17) is 4.74 Å². The molecule has 0 unspecified atom stereocenters. The number of hydrazine groups is 1. The molecule has 3 aromatic rings. The van der Waals surface area contributed by atoms with Crippen molar-refractivity contribution >= 4 is 22.6 Å². The number of hydrogen-bond donors (Lipinski definition) is 3. The van der Waals surface area contributed by atoms with Crippen molar-refractivity contribution in [1.29, 1.82) is 0 Å². The molecule has 0 saturated heterocycles. The molecule has 0 saturated carbocycles. The Morgan fingerprint density at radius 3 is 2.24 bits per heavy atom. The summed E-state index contributed by atoms with van der Waals surface area (Å²) in [5.41, 5.74) is 5.21. The molecule has 0 atom stereocenters. The summed E-state index contributed by atoms with van der Waals surface area (Å²) < 4.78 is 5.28. The number of fused-ring (bicyclic) bond motifs is 1. The van der Waals surface area contributed by atoms with Crippen molar-refractivity contribution in [2.45, 2.75) is 0 Å². The van der Waals surface area contributed by atoms with Crippen LogP contribution in [0.1, 0.15) is 20.7 Å². The highest BCUT2D eigenvalue weighted by Crippen LogP contribution is 2.25. The Labute approximate surface area is 144 Å². The van der Waals surface area contributed by atoms with Crippen LogP contribution in [0, 0.1) is 0 Å². The Morgan fingerprint density at radius 2 is 1.56 bits per heavy atom. The number of rotatable bonds is 3. The molecule has 0 aliphatic rings. The Bertz CT molecular complexity index is 953. The lowest BCUT2D eigenvalue weighted by atomic mass is 10.1. The highest BCUT2D eigenvalue weighted by Gasteiger charge is 2.15. The zero-order chi connectivity index (χ0) is 17.8. The standard InChI is InChI=1S/C19H16N2O4/c1-25-17-11-13-6-3-2-5-12(13)10-16(17)19(24)21-20-18(23)14-7-4-8-15(22)9-14/h2-11,22H,1H3,(H,20,23)(H,21,24). The minimum Gasteiger partial charge on any atom is -0.508 e. The van der Waals surface area contributed by atoms with E-state index in [-0.39, 0.29) is 11.3 Å². The van der Waals surface area contributed by atoms with E-state index in [1.54, 1.807) is 18.2 Å². The number of methoxy groups -OCH3 is 1. The van der Waals surface area contributed by atoms with Crippen LogP contribution >= 0.6 is 0 Å². The number of ether oxygens (including phenoxy) is 1. The second kappa shape index (κ2) is 6.92. The maximum Gasteiger partial charge on any atom is 0.273 e. The average Bonchev–Trinajstić information content (AvgIpc) is 2.64. The molecule has 6 nitrogen and oxygen atoms in total. The smallest absolute Gasteiger partial charge is 0.273 e. The maximum atomic E-state index is 12.4. The Kier molecular flexibility index (Phi) is 4.52.